The van der Waals surface area contributed by atoms with Crippen molar-refractivity contribution in [3.8, 4) is 0 Å². The summed E-state index contributed by atoms with van der Waals surface area (Å²) < 4.78 is 0. The second-order valence-corrected chi connectivity index (χ2v) is 6.74. The molecule has 7 N–H and O–H groups in total. The van der Waals surface area contributed by atoms with Crippen molar-refractivity contribution >= 4 is 36.3 Å². The molecule has 0 heterocycles. The highest BCUT2D eigenvalue weighted by Crippen LogP contribution is 2.03. The molecule has 0 saturated carbocycles. The number of hydrogen-bond acceptors (Lipinski definition) is 7. The van der Waals surface area contributed by atoms with Gasteiger partial charge in [-0.1, -0.05) is 30.3 Å². The Labute approximate surface area is 173 Å². The van der Waals surface area contributed by atoms with Crippen LogP contribution in [0.4, 0.5) is 0 Å². The SMILES string of the molecule is CC(O)C(N)C(=O)NC(CS)C(=O)NCC(=O)NC(Cc1ccccc1)C(=O)O. The van der Waals surface area contributed by atoms with Crippen LogP contribution in [0.15, 0.2) is 30.3 Å². The lowest BCUT2D eigenvalue weighted by Gasteiger charge is -2.20. The van der Waals surface area contributed by atoms with E-state index in [1.54, 1.807) is 30.3 Å². The van der Waals surface area contributed by atoms with Crippen molar-refractivity contribution in [3.05, 3.63) is 35.9 Å². The maximum Gasteiger partial charge on any atom is 0.326 e. The third kappa shape index (κ3) is 8.50. The average Bonchev–Trinajstić information content (AvgIpc) is 2.69. The number of carbonyl (C=O) groups excluding carboxylic acids is 3. The zero-order valence-electron chi connectivity index (χ0n) is 15.9. The van der Waals surface area contributed by atoms with Gasteiger partial charge in [-0.25, -0.2) is 4.79 Å². The number of aliphatic carboxylic acids is 1. The molecule has 0 bridgehead atoms. The van der Waals surface area contributed by atoms with E-state index >= 15 is 0 Å². The first-order chi connectivity index (χ1) is 13.6. The molecule has 1 aromatic carbocycles. The summed E-state index contributed by atoms with van der Waals surface area (Å²) in [4.78, 5) is 47.4. The number of benzene rings is 1. The summed E-state index contributed by atoms with van der Waals surface area (Å²) >= 11 is 3.98. The minimum absolute atomic E-state index is 0.0719. The Morgan fingerprint density at radius 1 is 1.07 bits per heavy atom. The lowest BCUT2D eigenvalue weighted by atomic mass is 10.1. The molecular formula is C18H26N4O6S. The van der Waals surface area contributed by atoms with Gasteiger partial charge in [0.2, 0.25) is 17.7 Å². The van der Waals surface area contributed by atoms with Gasteiger partial charge in [-0.2, -0.15) is 12.6 Å². The van der Waals surface area contributed by atoms with E-state index in [1.165, 1.54) is 6.92 Å². The highest BCUT2D eigenvalue weighted by molar-refractivity contribution is 7.80. The lowest BCUT2D eigenvalue weighted by molar-refractivity contribution is -0.141. The number of carboxylic acid groups (broad SMARTS) is 1. The molecule has 11 heteroatoms. The Morgan fingerprint density at radius 3 is 2.21 bits per heavy atom. The maximum atomic E-state index is 12.1. The summed E-state index contributed by atoms with van der Waals surface area (Å²) in [5.41, 5.74) is 6.23. The average molecular weight is 426 g/mol. The van der Waals surface area contributed by atoms with Crippen molar-refractivity contribution in [2.75, 3.05) is 12.3 Å². The van der Waals surface area contributed by atoms with Crippen LogP contribution in [0.5, 0.6) is 0 Å². The largest absolute Gasteiger partial charge is 0.480 e. The normalized spacial score (nSPS) is 14.8. The number of amides is 3. The summed E-state index contributed by atoms with van der Waals surface area (Å²) in [5.74, 6) is -3.42. The van der Waals surface area contributed by atoms with E-state index in [1.807, 2.05) is 0 Å². The zero-order chi connectivity index (χ0) is 22.0. The molecule has 4 unspecified atom stereocenters. The molecule has 0 aliphatic rings. The van der Waals surface area contributed by atoms with Gasteiger partial charge in [0.05, 0.1) is 12.6 Å². The number of carbonyl (C=O) groups is 4. The highest BCUT2D eigenvalue weighted by atomic mass is 32.1. The van der Waals surface area contributed by atoms with Gasteiger partial charge in [-0.05, 0) is 12.5 Å². The summed E-state index contributed by atoms with van der Waals surface area (Å²) in [5, 5.41) is 25.6. The first-order valence-electron chi connectivity index (χ1n) is 8.84. The van der Waals surface area contributed by atoms with Crippen molar-refractivity contribution in [1.82, 2.24) is 16.0 Å². The van der Waals surface area contributed by atoms with Gasteiger partial charge in [0.25, 0.3) is 0 Å². The van der Waals surface area contributed by atoms with Crippen LogP contribution >= 0.6 is 12.6 Å². The monoisotopic (exact) mass is 426 g/mol. The van der Waals surface area contributed by atoms with Gasteiger partial charge in [0, 0.05) is 12.2 Å². The fourth-order valence-electron chi connectivity index (χ4n) is 2.27. The van der Waals surface area contributed by atoms with E-state index in [0.717, 1.165) is 5.56 Å². The Bertz CT molecular complexity index is 716. The number of aliphatic hydroxyl groups excluding tert-OH is 1. The van der Waals surface area contributed by atoms with Crippen molar-refractivity contribution in [2.24, 2.45) is 5.73 Å². The van der Waals surface area contributed by atoms with Crippen molar-refractivity contribution in [2.45, 2.75) is 37.6 Å². The van der Waals surface area contributed by atoms with Crippen molar-refractivity contribution < 1.29 is 29.4 Å². The third-order valence-corrected chi connectivity index (χ3v) is 4.34. The number of rotatable bonds is 11. The maximum absolute atomic E-state index is 12.1. The number of hydrogen-bond donors (Lipinski definition) is 7. The molecule has 160 valence electrons. The zero-order valence-corrected chi connectivity index (χ0v) is 16.8. The van der Waals surface area contributed by atoms with Gasteiger partial charge in [-0.3, -0.25) is 14.4 Å². The number of thiol groups is 1. The molecule has 0 spiro atoms. The summed E-state index contributed by atoms with van der Waals surface area (Å²) in [6.45, 7) is 0.846. The van der Waals surface area contributed by atoms with Gasteiger partial charge < -0.3 is 31.9 Å². The van der Waals surface area contributed by atoms with E-state index in [4.69, 9.17) is 5.73 Å². The third-order valence-electron chi connectivity index (χ3n) is 3.98. The predicted molar refractivity (Wildman–Crippen MR) is 108 cm³/mol. The number of carboxylic acids is 1. The fraction of sp³-hybridized carbons (Fsp3) is 0.444. The second-order valence-electron chi connectivity index (χ2n) is 6.38. The molecule has 1 aromatic rings. The molecule has 0 radical (unpaired) electrons. The van der Waals surface area contributed by atoms with Crippen LogP contribution in [0, 0.1) is 0 Å². The van der Waals surface area contributed by atoms with Crippen molar-refractivity contribution in [1.29, 1.82) is 0 Å². The van der Waals surface area contributed by atoms with Crippen LogP contribution < -0.4 is 21.7 Å². The van der Waals surface area contributed by atoms with Gasteiger partial charge >= 0.3 is 5.97 Å². The van der Waals surface area contributed by atoms with Gasteiger partial charge in [-0.15, -0.1) is 0 Å². The van der Waals surface area contributed by atoms with Crippen LogP contribution in [0.25, 0.3) is 0 Å². The van der Waals surface area contributed by atoms with E-state index in [9.17, 15) is 29.4 Å². The molecule has 0 aliphatic carbocycles. The molecule has 4 atom stereocenters. The molecule has 3 amide bonds. The number of nitrogens with two attached hydrogens (primary N) is 1. The van der Waals surface area contributed by atoms with Crippen LogP contribution in [-0.4, -0.2) is 70.4 Å². The van der Waals surface area contributed by atoms with E-state index in [0.29, 0.717) is 0 Å². The Balaban J connectivity index is 2.56. The Kier molecular flexibility index (Phi) is 10.1. The number of aliphatic hydroxyl groups is 1. The highest BCUT2D eigenvalue weighted by Gasteiger charge is 2.26. The van der Waals surface area contributed by atoms with E-state index in [2.05, 4.69) is 28.6 Å². The molecule has 0 aliphatic heterocycles. The van der Waals surface area contributed by atoms with Crippen LogP contribution in [0.3, 0.4) is 0 Å². The van der Waals surface area contributed by atoms with Gasteiger partial charge in [0.15, 0.2) is 0 Å². The molecule has 0 fully saturated rings. The molecule has 0 saturated heterocycles. The van der Waals surface area contributed by atoms with Crippen molar-refractivity contribution in [3.63, 3.8) is 0 Å². The summed E-state index contributed by atoms with van der Waals surface area (Å²) in [7, 11) is 0. The minimum Gasteiger partial charge on any atom is -0.480 e. The lowest BCUT2D eigenvalue weighted by Crippen LogP contribution is -2.56. The first-order valence-corrected chi connectivity index (χ1v) is 9.47. The fourth-order valence-corrected chi connectivity index (χ4v) is 2.52. The van der Waals surface area contributed by atoms with E-state index in [-0.39, 0.29) is 12.2 Å². The molecule has 0 aromatic heterocycles. The quantitative estimate of drug-likeness (QED) is 0.201. The summed E-state index contributed by atoms with van der Waals surface area (Å²) in [6, 6.07) is 5.32. The Hall–Kier alpha value is -2.63. The second kappa shape index (κ2) is 12.0. The minimum atomic E-state index is -1.22. The van der Waals surface area contributed by atoms with Gasteiger partial charge in [0.1, 0.15) is 18.1 Å². The predicted octanol–water partition coefficient (Wildman–Crippen LogP) is -1.96. The molecule has 10 nitrogen and oxygen atoms in total. The van der Waals surface area contributed by atoms with Crippen LogP contribution in [0.1, 0.15) is 12.5 Å². The molecule has 29 heavy (non-hydrogen) atoms. The van der Waals surface area contributed by atoms with Crippen LogP contribution in [0.2, 0.25) is 0 Å². The Morgan fingerprint density at radius 2 is 1.69 bits per heavy atom. The standard InChI is InChI=1S/C18H26N4O6S/c1-10(23)15(19)17(26)22-13(9-29)16(25)20-8-14(24)21-12(18(27)28)7-11-5-3-2-4-6-11/h2-6,10,12-13,15,23,29H,7-9,19H2,1H3,(H,20,25)(H,21,24)(H,22,26)(H,27,28). The topological polar surface area (TPSA) is 171 Å². The van der Waals surface area contributed by atoms with Crippen LogP contribution in [-0.2, 0) is 25.6 Å². The first kappa shape index (κ1) is 24.4. The molecular weight excluding hydrogens is 400 g/mol. The molecule has 1 rings (SSSR count). The smallest absolute Gasteiger partial charge is 0.326 e. The number of nitrogens with one attached hydrogen (secondary N) is 3. The summed E-state index contributed by atoms with van der Waals surface area (Å²) in [6.07, 6.45) is -1.02. The van der Waals surface area contributed by atoms with E-state index < -0.39 is 54.5 Å².